The van der Waals surface area contributed by atoms with Gasteiger partial charge in [-0.3, -0.25) is 4.79 Å². The molecular formula is C14H21ClN2O4. The summed E-state index contributed by atoms with van der Waals surface area (Å²) in [7, 11) is 0. The molecule has 1 aromatic carbocycles. The van der Waals surface area contributed by atoms with Gasteiger partial charge in [0.25, 0.3) is 0 Å². The number of halogens is 1. The lowest BCUT2D eigenvalue weighted by atomic mass is 10.2. The number of hydrogen-bond acceptors (Lipinski definition) is 5. The number of nitrogens with two attached hydrogens (primary N) is 1. The Labute approximate surface area is 130 Å². The zero-order valence-corrected chi connectivity index (χ0v) is 12.8. The smallest absolute Gasteiger partial charge is 0.237 e. The van der Waals surface area contributed by atoms with E-state index in [1.54, 1.807) is 18.2 Å². The molecule has 0 aromatic heterocycles. The summed E-state index contributed by atoms with van der Waals surface area (Å²) < 4.78 is 16.0. The fraction of sp³-hybridized carbons (Fsp3) is 0.500. The number of hydrogen-bond donors (Lipinski definition) is 2. The van der Waals surface area contributed by atoms with Crippen LogP contribution in [-0.4, -0.2) is 31.9 Å². The predicted octanol–water partition coefficient (Wildman–Crippen LogP) is 1.46. The first kappa shape index (κ1) is 17.4. The van der Waals surface area contributed by atoms with Gasteiger partial charge in [0.2, 0.25) is 12.7 Å². The summed E-state index contributed by atoms with van der Waals surface area (Å²) >= 11 is 0. The summed E-state index contributed by atoms with van der Waals surface area (Å²) in [6, 6.07) is 4.93. The van der Waals surface area contributed by atoms with Crippen LogP contribution < -0.4 is 25.3 Å². The highest BCUT2D eigenvalue weighted by atomic mass is 35.5. The maximum absolute atomic E-state index is 11.6. The van der Waals surface area contributed by atoms with Crippen LogP contribution in [0.25, 0.3) is 0 Å². The van der Waals surface area contributed by atoms with E-state index in [4.69, 9.17) is 19.9 Å². The Kier molecular flexibility index (Phi) is 7.11. The Bertz CT molecular complexity index is 470. The van der Waals surface area contributed by atoms with E-state index in [1.165, 1.54) is 0 Å². The van der Waals surface area contributed by atoms with Crippen molar-refractivity contribution in [3.05, 3.63) is 18.2 Å². The number of ether oxygens (including phenoxy) is 3. The Morgan fingerprint density at radius 1 is 1.43 bits per heavy atom. The third-order valence-corrected chi connectivity index (χ3v) is 2.95. The summed E-state index contributed by atoms with van der Waals surface area (Å²) in [6.07, 6.45) is 1.58. The van der Waals surface area contributed by atoms with Crippen LogP contribution in [0.15, 0.2) is 18.2 Å². The second-order valence-corrected chi connectivity index (χ2v) is 4.55. The molecule has 2 rings (SSSR count). The van der Waals surface area contributed by atoms with Crippen molar-refractivity contribution in [2.75, 3.05) is 19.9 Å². The molecule has 21 heavy (non-hydrogen) atoms. The molecule has 0 radical (unpaired) electrons. The lowest BCUT2D eigenvalue weighted by Gasteiger charge is -2.12. The zero-order chi connectivity index (χ0) is 14.4. The Hall–Kier alpha value is -1.66. The zero-order valence-electron chi connectivity index (χ0n) is 12.0. The van der Waals surface area contributed by atoms with E-state index in [-0.39, 0.29) is 25.1 Å². The molecule has 1 aliphatic rings. The molecule has 3 N–H and O–H groups in total. The second-order valence-electron chi connectivity index (χ2n) is 4.55. The SMILES string of the molecule is CCCC(N)C(=O)NCCOc1ccc2c(c1)OCO2.Cl. The average molecular weight is 317 g/mol. The standard InChI is InChI=1S/C14H20N2O4.ClH/c1-2-3-11(15)14(17)16-6-7-18-10-4-5-12-13(8-10)20-9-19-12;/h4-5,8,11H,2-3,6-7,9,15H2,1H3,(H,16,17);1H. The third kappa shape index (κ3) is 4.99. The summed E-state index contributed by atoms with van der Waals surface area (Å²) in [5.74, 6) is 1.94. The van der Waals surface area contributed by atoms with Crippen LogP contribution in [0.3, 0.4) is 0 Å². The first-order chi connectivity index (χ1) is 9.70. The van der Waals surface area contributed by atoms with Crippen LogP contribution in [0.4, 0.5) is 0 Å². The molecule has 0 fully saturated rings. The van der Waals surface area contributed by atoms with Gasteiger partial charge in [0.1, 0.15) is 12.4 Å². The molecule has 0 spiro atoms. The monoisotopic (exact) mass is 316 g/mol. The van der Waals surface area contributed by atoms with Gasteiger partial charge in [-0.05, 0) is 18.6 Å². The van der Waals surface area contributed by atoms with E-state index < -0.39 is 6.04 Å². The molecule has 6 nitrogen and oxygen atoms in total. The summed E-state index contributed by atoms with van der Waals surface area (Å²) in [4.78, 5) is 11.6. The fourth-order valence-electron chi connectivity index (χ4n) is 1.88. The van der Waals surface area contributed by atoms with E-state index in [2.05, 4.69) is 5.32 Å². The number of carbonyl (C=O) groups excluding carboxylic acids is 1. The van der Waals surface area contributed by atoms with Crippen molar-refractivity contribution in [1.82, 2.24) is 5.32 Å². The summed E-state index contributed by atoms with van der Waals surface area (Å²) in [5, 5.41) is 2.74. The van der Waals surface area contributed by atoms with E-state index in [0.29, 0.717) is 31.1 Å². The van der Waals surface area contributed by atoms with Gasteiger partial charge in [-0.2, -0.15) is 0 Å². The van der Waals surface area contributed by atoms with Crippen LogP contribution in [-0.2, 0) is 4.79 Å². The number of benzene rings is 1. The molecule has 1 aromatic rings. The lowest BCUT2D eigenvalue weighted by Crippen LogP contribution is -2.41. The first-order valence-corrected chi connectivity index (χ1v) is 6.76. The Balaban J connectivity index is 0.00000220. The first-order valence-electron chi connectivity index (χ1n) is 6.76. The molecule has 1 atom stereocenters. The van der Waals surface area contributed by atoms with Gasteiger partial charge in [0.05, 0.1) is 12.6 Å². The molecule has 0 aliphatic carbocycles. The van der Waals surface area contributed by atoms with Crippen molar-refractivity contribution >= 4 is 18.3 Å². The van der Waals surface area contributed by atoms with Crippen LogP contribution >= 0.6 is 12.4 Å². The van der Waals surface area contributed by atoms with Crippen LogP contribution in [0.1, 0.15) is 19.8 Å². The van der Waals surface area contributed by atoms with Gasteiger partial charge in [-0.25, -0.2) is 0 Å². The van der Waals surface area contributed by atoms with E-state index in [9.17, 15) is 4.79 Å². The van der Waals surface area contributed by atoms with Crippen molar-refractivity contribution in [3.63, 3.8) is 0 Å². The molecule has 7 heteroatoms. The highest BCUT2D eigenvalue weighted by Gasteiger charge is 2.14. The number of nitrogens with one attached hydrogen (secondary N) is 1. The second kappa shape index (κ2) is 8.59. The van der Waals surface area contributed by atoms with E-state index >= 15 is 0 Å². The summed E-state index contributed by atoms with van der Waals surface area (Å²) in [5.41, 5.74) is 5.70. The number of rotatable bonds is 7. The van der Waals surface area contributed by atoms with Crippen molar-refractivity contribution in [2.45, 2.75) is 25.8 Å². The number of carbonyl (C=O) groups is 1. The normalized spacial score (nSPS) is 13.2. The largest absolute Gasteiger partial charge is 0.492 e. The minimum Gasteiger partial charge on any atom is -0.492 e. The molecule has 118 valence electrons. The minimum atomic E-state index is -0.439. The van der Waals surface area contributed by atoms with Crippen molar-refractivity contribution in [3.8, 4) is 17.2 Å². The lowest BCUT2D eigenvalue weighted by molar-refractivity contribution is -0.122. The van der Waals surface area contributed by atoms with Crippen LogP contribution in [0, 0.1) is 0 Å². The fourth-order valence-corrected chi connectivity index (χ4v) is 1.88. The van der Waals surface area contributed by atoms with Gasteiger partial charge in [0, 0.05) is 6.07 Å². The summed E-state index contributed by atoms with van der Waals surface area (Å²) in [6.45, 7) is 3.04. The molecular weight excluding hydrogens is 296 g/mol. The van der Waals surface area contributed by atoms with Crippen molar-refractivity contribution in [2.24, 2.45) is 5.73 Å². The van der Waals surface area contributed by atoms with Gasteiger partial charge in [0.15, 0.2) is 11.5 Å². The maximum atomic E-state index is 11.6. The van der Waals surface area contributed by atoms with Gasteiger partial charge in [-0.15, -0.1) is 12.4 Å². The van der Waals surface area contributed by atoms with Crippen molar-refractivity contribution < 1.29 is 19.0 Å². The molecule has 1 aliphatic heterocycles. The van der Waals surface area contributed by atoms with Crippen LogP contribution in [0.5, 0.6) is 17.2 Å². The predicted molar refractivity (Wildman–Crippen MR) is 81.2 cm³/mol. The number of fused-ring (bicyclic) bond motifs is 1. The quantitative estimate of drug-likeness (QED) is 0.744. The molecule has 1 amide bonds. The van der Waals surface area contributed by atoms with Gasteiger partial charge < -0.3 is 25.3 Å². The molecule has 0 saturated heterocycles. The molecule has 1 heterocycles. The maximum Gasteiger partial charge on any atom is 0.237 e. The van der Waals surface area contributed by atoms with Gasteiger partial charge in [-0.1, -0.05) is 13.3 Å². The minimum absolute atomic E-state index is 0. The Morgan fingerprint density at radius 2 is 2.19 bits per heavy atom. The van der Waals surface area contributed by atoms with Crippen LogP contribution in [0.2, 0.25) is 0 Å². The van der Waals surface area contributed by atoms with E-state index in [1.807, 2.05) is 6.92 Å². The third-order valence-electron chi connectivity index (χ3n) is 2.95. The Morgan fingerprint density at radius 3 is 2.95 bits per heavy atom. The highest BCUT2D eigenvalue weighted by molar-refractivity contribution is 5.85. The average Bonchev–Trinajstić information content (AvgIpc) is 2.91. The highest BCUT2D eigenvalue weighted by Crippen LogP contribution is 2.34. The van der Waals surface area contributed by atoms with Crippen molar-refractivity contribution in [1.29, 1.82) is 0 Å². The molecule has 0 bridgehead atoms. The van der Waals surface area contributed by atoms with Gasteiger partial charge >= 0.3 is 0 Å². The topological polar surface area (TPSA) is 82.8 Å². The van der Waals surface area contributed by atoms with E-state index in [0.717, 1.165) is 12.2 Å². The molecule has 0 saturated carbocycles. The number of amides is 1. The molecule has 1 unspecified atom stereocenters.